The van der Waals surface area contributed by atoms with Crippen LogP contribution in [-0.2, 0) is 30.8 Å². The molecule has 3 N–H and O–H groups in total. The van der Waals surface area contributed by atoms with Gasteiger partial charge in [-0.15, -0.1) is 0 Å². The van der Waals surface area contributed by atoms with Gasteiger partial charge in [0.25, 0.3) is 21.0 Å². The number of phenolic OH excluding ortho intramolecular Hbond substituents is 1. The number of sulfonamides is 1. The van der Waals surface area contributed by atoms with Crippen LogP contribution in [-0.4, -0.2) is 75.1 Å². The molecule has 34 heavy (non-hydrogen) atoms. The molecule has 0 saturated carbocycles. The van der Waals surface area contributed by atoms with Crippen molar-refractivity contribution >= 4 is 32.7 Å². The van der Waals surface area contributed by atoms with Gasteiger partial charge in [0.15, 0.2) is 11.3 Å². The fraction of sp³-hybridized carbons (Fsp3) is 0.318. The Morgan fingerprint density at radius 1 is 1.18 bits per heavy atom. The number of rotatable bonds is 6. The third kappa shape index (κ3) is 3.64. The number of aromatic nitrogens is 1. The maximum absolute atomic E-state index is 13.1. The van der Waals surface area contributed by atoms with Gasteiger partial charge in [0.2, 0.25) is 5.91 Å². The highest BCUT2D eigenvalue weighted by Gasteiger charge is 2.68. The summed E-state index contributed by atoms with van der Waals surface area (Å²) in [6.07, 6.45) is 2.64. The van der Waals surface area contributed by atoms with Gasteiger partial charge < -0.3 is 15.7 Å². The van der Waals surface area contributed by atoms with Crippen LogP contribution in [0.3, 0.4) is 0 Å². The van der Waals surface area contributed by atoms with Gasteiger partial charge in [-0.1, -0.05) is 12.1 Å². The molecule has 2 unspecified atom stereocenters. The number of fused-ring (bicyclic) bond motifs is 1. The number of carbonyl (C=O) groups excluding carboxylic acids is 4. The second-order valence-corrected chi connectivity index (χ2v) is 9.94. The number of pyridine rings is 1. The van der Waals surface area contributed by atoms with E-state index in [1.807, 2.05) is 0 Å². The molecule has 178 valence electrons. The summed E-state index contributed by atoms with van der Waals surface area (Å²) < 4.78 is 26.9. The molecule has 4 rings (SSSR count). The first-order valence-electron chi connectivity index (χ1n) is 10.5. The Balaban J connectivity index is 1.61. The molecular formula is C22H22N4O7S. The average Bonchev–Trinajstić information content (AvgIpc) is 3.36. The molecule has 2 aromatic rings. The quantitative estimate of drug-likeness (QED) is 0.520. The van der Waals surface area contributed by atoms with E-state index < -0.39 is 50.9 Å². The summed E-state index contributed by atoms with van der Waals surface area (Å²) in [6.45, 7) is -0.815. The zero-order valence-electron chi connectivity index (χ0n) is 18.0. The van der Waals surface area contributed by atoms with Crippen molar-refractivity contribution in [2.24, 2.45) is 5.73 Å². The highest BCUT2D eigenvalue weighted by atomic mass is 32.2. The van der Waals surface area contributed by atoms with Gasteiger partial charge in [0.1, 0.15) is 5.75 Å². The summed E-state index contributed by atoms with van der Waals surface area (Å²) in [5.41, 5.74) is 4.00. The van der Waals surface area contributed by atoms with E-state index in [-0.39, 0.29) is 37.1 Å². The average molecular weight is 487 g/mol. The number of aryl methyl sites for hydroxylation is 1. The molecule has 3 heterocycles. The van der Waals surface area contributed by atoms with E-state index in [0.717, 1.165) is 16.7 Å². The summed E-state index contributed by atoms with van der Waals surface area (Å²) >= 11 is 0. The number of amides is 2. The molecule has 1 aromatic heterocycles. The van der Waals surface area contributed by atoms with Crippen molar-refractivity contribution < 1.29 is 32.7 Å². The fourth-order valence-corrected chi connectivity index (χ4v) is 6.19. The van der Waals surface area contributed by atoms with Crippen LogP contribution in [0.25, 0.3) is 0 Å². The number of hydrogen-bond donors (Lipinski definition) is 2. The molecule has 12 heteroatoms. The van der Waals surface area contributed by atoms with Crippen LogP contribution >= 0.6 is 0 Å². The van der Waals surface area contributed by atoms with E-state index in [2.05, 4.69) is 4.98 Å². The topological polar surface area (TPSA) is 168 Å². The smallest absolute Gasteiger partial charge is 0.293 e. The first-order valence-corrected chi connectivity index (χ1v) is 11.9. The summed E-state index contributed by atoms with van der Waals surface area (Å²) in [7, 11) is -4.69. The minimum atomic E-state index is -4.69. The molecule has 2 amide bonds. The van der Waals surface area contributed by atoms with Crippen molar-refractivity contribution in [3.8, 4) is 5.75 Å². The Kier molecular flexibility index (Phi) is 5.96. The largest absolute Gasteiger partial charge is 0.508 e. The first kappa shape index (κ1) is 23.5. The van der Waals surface area contributed by atoms with Gasteiger partial charge in [-0.2, -0.15) is 4.31 Å². The lowest BCUT2D eigenvalue weighted by molar-refractivity contribution is -0.149. The Morgan fingerprint density at radius 2 is 1.88 bits per heavy atom. The molecule has 2 saturated heterocycles. The van der Waals surface area contributed by atoms with E-state index in [9.17, 15) is 32.7 Å². The lowest BCUT2D eigenvalue weighted by Gasteiger charge is -2.34. The van der Waals surface area contributed by atoms with E-state index in [0.29, 0.717) is 4.31 Å². The predicted molar refractivity (Wildman–Crippen MR) is 118 cm³/mol. The number of nitrogens with two attached hydrogens (primary N) is 1. The molecule has 2 fully saturated rings. The van der Waals surface area contributed by atoms with E-state index in [1.54, 1.807) is 12.1 Å². The number of hydrogen-bond acceptors (Lipinski definition) is 8. The summed E-state index contributed by atoms with van der Waals surface area (Å²) in [6, 6.07) is 7.62. The molecule has 0 radical (unpaired) electrons. The van der Waals surface area contributed by atoms with Gasteiger partial charge in [-0.3, -0.25) is 24.2 Å². The number of nitrogens with zero attached hydrogens (tertiary/aromatic N) is 3. The number of phenols is 1. The second-order valence-electron chi connectivity index (χ2n) is 8.15. The maximum atomic E-state index is 13.1. The van der Waals surface area contributed by atoms with Crippen molar-refractivity contribution in [2.75, 3.05) is 13.1 Å². The molecule has 0 bridgehead atoms. The molecule has 0 spiro atoms. The van der Waals surface area contributed by atoms with Crippen LogP contribution in [0.1, 0.15) is 28.8 Å². The van der Waals surface area contributed by atoms with Crippen molar-refractivity contribution in [3.63, 3.8) is 0 Å². The number of Topliss-reactive ketones (excluding diaryl/α,β-unsaturated/α-hetero) is 1. The van der Waals surface area contributed by atoms with Gasteiger partial charge in [0, 0.05) is 25.4 Å². The van der Waals surface area contributed by atoms with E-state index in [4.69, 9.17) is 5.73 Å². The Bertz CT molecular complexity index is 1260. The van der Waals surface area contributed by atoms with Crippen molar-refractivity contribution in [1.82, 2.24) is 14.2 Å². The number of likely N-dealkylation sites (tertiary alicyclic amines) is 1. The highest BCUT2D eigenvalue weighted by Crippen LogP contribution is 2.41. The lowest BCUT2D eigenvalue weighted by atomic mass is 9.89. The molecular weight excluding hydrogens is 464 g/mol. The number of primary amides is 1. The van der Waals surface area contributed by atoms with Crippen LogP contribution in [0.15, 0.2) is 48.8 Å². The lowest BCUT2D eigenvalue weighted by Crippen LogP contribution is -2.64. The number of ketones is 1. The second kappa shape index (κ2) is 8.61. The van der Waals surface area contributed by atoms with Crippen LogP contribution in [0.2, 0.25) is 0 Å². The molecule has 2 aliphatic rings. The van der Waals surface area contributed by atoms with Crippen LogP contribution in [0.5, 0.6) is 5.75 Å². The summed E-state index contributed by atoms with van der Waals surface area (Å²) in [5, 5.41) is 8.13. The monoisotopic (exact) mass is 486 g/mol. The van der Waals surface area contributed by atoms with Gasteiger partial charge in [-0.05, 0) is 42.7 Å². The third-order valence-electron chi connectivity index (χ3n) is 6.29. The van der Waals surface area contributed by atoms with Gasteiger partial charge in [-0.25, -0.2) is 8.42 Å². The zero-order chi connectivity index (χ0) is 24.7. The number of carbonyl (C=O) groups is 4. The normalized spacial score (nSPS) is 22.5. The van der Waals surface area contributed by atoms with Gasteiger partial charge >= 0.3 is 0 Å². The number of benzene rings is 1. The van der Waals surface area contributed by atoms with Crippen LogP contribution < -0.4 is 5.73 Å². The predicted octanol–water partition coefficient (Wildman–Crippen LogP) is -0.400. The highest BCUT2D eigenvalue weighted by molar-refractivity contribution is 8.04. The Hall–Kier alpha value is -3.64. The molecule has 2 aliphatic heterocycles. The first-order chi connectivity index (χ1) is 16.1. The minimum absolute atomic E-state index is 0.0286. The maximum Gasteiger partial charge on any atom is 0.293 e. The zero-order valence-corrected chi connectivity index (χ0v) is 18.8. The molecule has 11 nitrogen and oxygen atoms in total. The minimum Gasteiger partial charge on any atom is -0.508 e. The Labute approximate surface area is 195 Å². The summed E-state index contributed by atoms with van der Waals surface area (Å²) in [5.74, 6) is -2.45. The Morgan fingerprint density at radius 3 is 2.50 bits per heavy atom. The fourth-order valence-electron chi connectivity index (χ4n) is 4.67. The van der Waals surface area contributed by atoms with E-state index in [1.165, 1.54) is 30.5 Å². The number of aromatic hydroxyl groups is 1. The molecule has 1 aromatic carbocycles. The summed E-state index contributed by atoms with van der Waals surface area (Å²) in [4.78, 5) is 56.3. The van der Waals surface area contributed by atoms with Crippen molar-refractivity contribution in [3.05, 3.63) is 59.9 Å². The van der Waals surface area contributed by atoms with Crippen molar-refractivity contribution in [1.29, 1.82) is 0 Å². The van der Waals surface area contributed by atoms with Crippen molar-refractivity contribution in [2.45, 2.75) is 30.8 Å². The van der Waals surface area contributed by atoms with E-state index >= 15 is 0 Å². The van der Waals surface area contributed by atoms with Crippen LogP contribution in [0.4, 0.5) is 0 Å². The SMILES string of the molecule is NC(=O)C12C(=O)CN(S(=O)(=O)C(=O)c3cccnc3)C1CCN2C(=O)CCc1ccc(O)cc1. The standard InChI is InChI=1S/C22H22N4O7S/c23-21(31)22-17(9-11-25(22)19(29)8-5-14-3-6-16(27)7-4-14)26(13-18(22)28)34(32,33)20(30)15-2-1-10-24-12-15/h1-4,6-7,10,12,17,27H,5,8-9,11,13H2,(H2,23,31). The molecule has 0 aliphatic carbocycles. The third-order valence-corrected chi connectivity index (χ3v) is 7.99. The van der Waals surface area contributed by atoms with Gasteiger partial charge in [0.05, 0.1) is 18.2 Å². The molecule has 2 atom stereocenters. The van der Waals surface area contributed by atoms with Crippen LogP contribution in [0, 0.1) is 0 Å².